The number of aromatic nitrogens is 1. The van der Waals surface area contributed by atoms with Crippen molar-refractivity contribution in [3.05, 3.63) is 94.4 Å². The van der Waals surface area contributed by atoms with Crippen molar-refractivity contribution in [2.24, 2.45) is 5.92 Å². The van der Waals surface area contributed by atoms with Gasteiger partial charge in [-0.3, -0.25) is 4.79 Å². The van der Waals surface area contributed by atoms with Crippen LogP contribution in [0.2, 0.25) is 0 Å². The van der Waals surface area contributed by atoms with Gasteiger partial charge in [-0.2, -0.15) is 0 Å². The molecule has 39 heavy (non-hydrogen) atoms. The van der Waals surface area contributed by atoms with Gasteiger partial charge in [0.05, 0.1) is 18.2 Å². The topological polar surface area (TPSA) is 81.0 Å². The number of methoxy groups -OCH3 is 1. The summed E-state index contributed by atoms with van der Waals surface area (Å²) in [4.78, 5) is 27.7. The Balaban J connectivity index is 1.48. The van der Waals surface area contributed by atoms with E-state index in [1.807, 2.05) is 73.8 Å². The molecule has 2 unspecified atom stereocenters. The van der Waals surface area contributed by atoms with Gasteiger partial charge in [-0.05, 0) is 55.0 Å². The van der Waals surface area contributed by atoms with E-state index in [0.29, 0.717) is 32.5 Å². The third-order valence-corrected chi connectivity index (χ3v) is 7.44. The Bertz CT molecular complexity index is 1310. The van der Waals surface area contributed by atoms with Gasteiger partial charge in [-0.1, -0.05) is 61.5 Å². The van der Waals surface area contributed by atoms with Crippen molar-refractivity contribution in [3.8, 4) is 11.1 Å². The normalized spacial score (nSPS) is 19.4. The number of ether oxygens (including phenoxy) is 2. The molecule has 2 heterocycles. The van der Waals surface area contributed by atoms with E-state index in [4.69, 9.17) is 9.47 Å². The first-order chi connectivity index (χ1) is 18.5. The lowest BCUT2D eigenvalue weighted by Gasteiger charge is -2.45. The summed E-state index contributed by atoms with van der Waals surface area (Å²) in [5, 5.41) is 10.6. The molecule has 0 aliphatic carbocycles. The summed E-state index contributed by atoms with van der Waals surface area (Å²) >= 11 is 0. The second kappa shape index (κ2) is 11.8. The standard InChI is InChI=1S/C32H40N2O5/c1-23(21-38-5)20-33-17-15-27(19-29(33)35)26-13-11-25(12-14-26)24(2)34-18-16-32(39-30(34)36,22-31(3,4)37)28-9-7-6-8-10-28/h6-15,17,19,23-24,37H,16,18,20-22H2,1-5H3/t23?,24-,32?/m0/s1. The number of hydrogen-bond acceptors (Lipinski definition) is 5. The van der Waals surface area contributed by atoms with Gasteiger partial charge < -0.3 is 24.0 Å². The molecule has 4 rings (SSSR count). The second-order valence-electron chi connectivity index (χ2n) is 11.4. The fourth-order valence-corrected chi connectivity index (χ4v) is 5.54. The van der Waals surface area contributed by atoms with E-state index in [1.54, 1.807) is 36.5 Å². The summed E-state index contributed by atoms with van der Waals surface area (Å²) in [6.45, 7) is 9.24. The van der Waals surface area contributed by atoms with Crippen LogP contribution in [0.1, 0.15) is 57.7 Å². The molecule has 1 N–H and O–H groups in total. The van der Waals surface area contributed by atoms with E-state index in [-0.39, 0.29) is 17.5 Å². The average Bonchev–Trinajstić information content (AvgIpc) is 2.89. The fourth-order valence-electron chi connectivity index (χ4n) is 5.54. The maximum absolute atomic E-state index is 13.3. The van der Waals surface area contributed by atoms with Crippen molar-refractivity contribution < 1.29 is 19.4 Å². The summed E-state index contributed by atoms with van der Waals surface area (Å²) in [5.74, 6) is 0.244. The van der Waals surface area contributed by atoms with E-state index in [0.717, 1.165) is 22.3 Å². The van der Waals surface area contributed by atoms with Crippen molar-refractivity contribution in [1.29, 1.82) is 0 Å². The number of nitrogens with zero attached hydrogens (tertiary/aromatic N) is 2. The SMILES string of the molecule is COCC(C)Cn1ccc(-c2ccc([C@H](C)N3CCC(CC(C)(C)O)(c4ccccc4)OC3=O)cc2)cc1=O. The highest BCUT2D eigenvalue weighted by atomic mass is 16.6. The van der Waals surface area contributed by atoms with Crippen LogP contribution in [-0.4, -0.2) is 46.5 Å². The summed E-state index contributed by atoms with van der Waals surface area (Å²) in [5.41, 5.74) is 1.75. The summed E-state index contributed by atoms with van der Waals surface area (Å²) in [6.07, 6.45) is 2.33. The first-order valence-electron chi connectivity index (χ1n) is 13.6. The highest BCUT2D eigenvalue weighted by Crippen LogP contribution is 2.42. The second-order valence-corrected chi connectivity index (χ2v) is 11.4. The van der Waals surface area contributed by atoms with Crippen molar-refractivity contribution in [2.75, 3.05) is 20.3 Å². The zero-order chi connectivity index (χ0) is 28.2. The number of hydrogen-bond donors (Lipinski definition) is 1. The minimum Gasteiger partial charge on any atom is -0.438 e. The van der Waals surface area contributed by atoms with Crippen LogP contribution in [0.25, 0.3) is 11.1 Å². The smallest absolute Gasteiger partial charge is 0.411 e. The lowest BCUT2D eigenvalue weighted by atomic mass is 9.80. The maximum atomic E-state index is 13.3. The zero-order valence-electron chi connectivity index (χ0n) is 23.6. The molecule has 0 bridgehead atoms. The molecule has 1 amide bonds. The largest absolute Gasteiger partial charge is 0.438 e. The van der Waals surface area contributed by atoms with Crippen LogP contribution in [0.15, 0.2) is 77.7 Å². The Morgan fingerprint density at radius 2 is 1.72 bits per heavy atom. The molecule has 1 saturated heterocycles. The highest BCUT2D eigenvalue weighted by Gasteiger charge is 2.46. The molecule has 0 saturated carbocycles. The van der Waals surface area contributed by atoms with Crippen LogP contribution in [0.4, 0.5) is 4.79 Å². The zero-order valence-corrected chi connectivity index (χ0v) is 23.6. The van der Waals surface area contributed by atoms with E-state index in [9.17, 15) is 14.7 Å². The number of carbonyl (C=O) groups is 1. The molecule has 7 heteroatoms. The average molecular weight is 533 g/mol. The summed E-state index contributed by atoms with van der Waals surface area (Å²) < 4.78 is 13.0. The fraction of sp³-hybridized carbons (Fsp3) is 0.438. The molecule has 1 fully saturated rings. The third kappa shape index (κ3) is 6.78. The lowest BCUT2D eigenvalue weighted by Crippen LogP contribution is -2.51. The van der Waals surface area contributed by atoms with E-state index in [2.05, 4.69) is 6.92 Å². The van der Waals surface area contributed by atoms with Crippen molar-refractivity contribution in [3.63, 3.8) is 0 Å². The molecule has 1 aliphatic rings. The molecular formula is C32H40N2O5. The summed E-state index contributed by atoms with van der Waals surface area (Å²) in [6, 6.07) is 21.1. The predicted octanol–water partition coefficient (Wildman–Crippen LogP) is 5.76. The monoisotopic (exact) mass is 532 g/mol. The van der Waals surface area contributed by atoms with Crippen molar-refractivity contribution in [1.82, 2.24) is 9.47 Å². The Hall–Kier alpha value is -3.42. The molecule has 0 spiro atoms. The molecule has 2 aromatic carbocycles. The van der Waals surface area contributed by atoms with Gasteiger partial charge in [-0.25, -0.2) is 4.79 Å². The van der Waals surface area contributed by atoms with Crippen LogP contribution >= 0.6 is 0 Å². The Kier molecular flexibility index (Phi) is 8.62. The van der Waals surface area contributed by atoms with Gasteiger partial charge in [-0.15, -0.1) is 0 Å². The molecule has 3 atom stereocenters. The molecule has 208 valence electrons. The lowest BCUT2D eigenvalue weighted by molar-refractivity contribution is -0.101. The molecule has 1 aliphatic heterocycles. The highest BCUT2D eigenvalue weighted by molar-refractivity contribution is 5.70. The number of rotatable bonds is 10. The summed E-state index contributed by atoms with van der Waals surface area (Å²) in [7, 11) is 1.66. The van der Waals surface area contributed by atoms with Crippen molar-refractivity contribution >= 4 is 6.09 Å². The van der Waals surface area contributed by atoms with Gasteiger partial charge in [0.2, 0.25) is 0 Å². The first kappa shape index (κ1) is 28.6. The first-order valence-corrected chi connectivity index (χ1v) is 13.6. The molecule has 1 aromatic heterocycles. The van der Waals surface area contributed by atoms with E-state index in [1.165, 1.54) is 0 Å². The maximum Gasteiger partial charge on any atom is 0.411 e. The van der Waals surface area contributed by atoms with Gasteiger partial charge >= 0.3 is 6.09 Å². The minimum atomic E-state index is -0.997. The van der Waals surface area contributed by atoms with Gasteiger partial charge in [0.1, 0.15) is 5.60 Å². The Labute approximate surface area is 231 Å². The van der Waals surface area contributed by atoms with Gasteiger partial charge in [0, 0.05) is 45.3 Å². The Morgan fingerprint density at radius 1 is 1.03 bits per heavy atom. The van der Waals surface area contributed by atoms with Crippen molar-refractivity contribution in [2.45, 2.75) is 64.3 Å². The molecule has 0 radical (unpaired) electrons. The van der Waals surface area contributed by atoms with Gasteiger partial charge in [0.15, 0.2) is 0 Å². The number of carbonyl (C=O) groups excluding carboxylic acids is 1. The molecular weight excluding hydrogens is 492 g/mol. The molecule has 3 aromatic rings. The van der Waals surface area contributed by atoms with Crippen LogP contribution in [0.3, 0.4) is 0 Å². The van der Waals surface area contributed by atoms with Gasteiger partial charge in [0.25, 0.3) is 5.56 Å². The third-order valence-electron chi connectivity index (χ3n) is 7.44. The number of amides is 1. The van der Waals surface area contributed by atoms with Crippen LogP contribution in [0, 0.1) is 5.92 Å². The van der Waals surface area contributed by atoms with E-state index < -0.39 is 17.3 Å². The van der Waals surface area contributed by atoms with Crippen LogP contribution in [-0.2, 0) is 21.6 Å². The number of benzene rings is 2. The number of cyclic esters (lactones) is 1. The van der Waals surface area contributed by atoms with Crippen LogP contribution < -0.4 is 5.56 Å². The molecule has 7 nitrogen and oxygen atoms in total. The van der Waals surface area contributed by atoms with E-state index >= 15 is 0 Å². The predicted molar refractivity (Wildman–Crippen MR) is 152 cm³/mol. The van der Waals surface area contributed by atoms with Crippen LogP contribution in [0.5, 0.6) is 0 Å². The minimum absolute atomic E-state index is 0.0445. The Morgan fingerprint density at radius 3 is 2.31 bits per heavy atom. The quantitative estimate of drug-likeness (QED) is 0.359. The number of aliphatic hydroxyl groups is 1. The number of pyridine rings is 1.